The molecule has 2 bridgehead atoms. The molecule has 3 N–H and O–H groups in total. The molecule has 0 heterocycles. The highest BCUT2D eigenvalue weighted by Crippen LogP contribution is 2.66. The zero-order valence-corrected chi connectivity index (χ0v) is 12.6. The lowest BCUT2D eigenvalue weighted by molar-refractivity contribution is -0.178. The molecule has 4 atom stereocenters. The van der Waals surface area contributed by atoms with Crippen LogP contribution >= 0.6 is 0 Å². The number of nitrogens with two attached hydrogens (primary N) is 1. The van der Waals surface area contributed by atoms with Crippen molar-refractivity contribution in [3.8, 4) is 0 Å². The quantitative estimate of drug-likeness (QED) is 0.363. The lowest BCUT2D eigenvalue weighted by Gasteiger charge is -2.39. The van der Waals surface area contributed by atoms with Crippen LogP contribution in [0.3, 0.4) is 0 Å². The Bertz CT molecular complexity index is 436. The number of fused-ring (bicyclic) bond motifs is 2. The lowest BCUT2D eigenvalue weighted by Crippen LogP contribution is -2.43. The first-order chi connectivity index (χ1) is 9.54. The standard InChI is InChI=1S/C14H23F3N2O2/c1-12(2)8-4-5-13(12,3)10(6-8)21-7-9(11(18)19-20)14(15,16)17/h8-10,20H,4-7H2,1-3H3,(H2,18,19). The van der Waals surface area contributed by atoms with Crippen LogP contribution in [-0.4, -0.2) is 29.9 Å². The van der Waals surface area contributed by atoms with Crippen LogP contribution in [0.15, 0.2) is 5.16 Å². The average Bonchev–Trinajstić information content (AvgIpc) is 2.70. The van der Waals surface area contributed by atoms with Gasteiger partial charge in [-0.2, -0.15) is 13.2 Å². The molecule has 0 aliphatic heterocycles. The van der Waals surface area contributed by atoms with Gasteiger partial charge >= 0.3 is 6.18 Å². The lowest BCUT2D eigenvalue weighted by atomic mass is 9.70. The molecular formula is C14H23F3N2O2. The molecule has 0 amide bonds. The topological polar surface area (TPSA) is 67.8 Å². The smallest absolute Gasteiger partial charge is 0.401 e. The van der Waals surface area contributed by atoms with E-state index < -0.39 is 24.5 Å². The second-order valence-corrected chi connectivity index (χ2v) is 7.05. The number of halogens is 3. The van der Waals surface area contributed by atoms with Gasteiger partial charge in [0.1, 0.15) is 5.92 Å². The molecule has 4 unspecified atom stereocenters. The Balaban J connectivity index is 2.07. The molecule has 2 aliphatic carbocycles. The maximum absolute atomic E-state index is 12.9. The Labute approximate surface area is 122 Å². The van der Waals surface area contributed by atoms with Gasteiger partial charge in [0.05, 0.1) is 12.7 Å². The molecule has 0 aromatic rings. The Morgan fingerprint density at radius 2 is 2.05 bits per heavy atom. The van der Waals surface area contributed by atoms with Gasteiger partial charge in [0, 0.05) is 0 Å². The number of alkyl halides is 3. The monoisotopic (exact) mass is 308 g/mol. The zero-order valence-electron chi connectivity index (χ0n) is 12.6. The molecular weight excluding hydrogens is 285 g/mol. The summed E-state index contributed by atoms with van der Waals surface area (Å²) in [5.41, 5.74) is 5.11. The fourth-order valence-corrected chi connectivity index (χ4v) is 4.01. The Kier molecular flexibility index (Phi) is 3.93. The van der Waals surface area contributed by atoms with E-state index in [2.05, 4.69) is 25.9 Å². The van der Waals surface area contributed by atoms with Crippen molar-refractivity contribution in [2.75, 3.05) is 6.61 Å². The van der Waals surface area contributed by atoms with Crippen LogP contribution in [0.1, 0.15) is 40.0 Å². The van der Waals surface area contributed by atoms with Crippen LogP contribution in [0.25, 0.3) is 0 Å². The highest BCUT2D eigenvalue weighted by Gasteiger charge is 2.62. The van der Waals surface area contributed by atoms with Gasteiger partial charge in [0.25, 0.3) is 0 Å². The minimum atomic E-state index is -4.58. The highest BCUT2D eigenvalue weighted by molar-refractivity contribution is 5.83. The van der Waals surface area contributed by atoms with Crippen molar-refractivity contribution in [3.05, 3.63) is 0 Å². The summed E-state index contributed by atoms with van der Waals surface area (Å²) >= 11 is 0. The van der Waals surface area contributed by atoms with Crippen LogP contribution in [0.4, 0.5) is 13.2 Å². The van der Waals surface area contributed by atoms with Gasteiger partial charge in [-0.3, -0.25) is 0 Å². The molecule has 2 fully saturated rings. The summed E-state index contributed by atoms with van der Waals surface area (Å²) in [7, 11) is 0. The van der Waals surface area contributed by atoms with Crippen molar-refractivity contribution in [3.63, 3.8) is 0 Å². The molecule has 0 aromatic carbocycles. The molecule has 0 aromatic heterocycles. The van der Waals surface area contributed by atoms with Crippen molar-refractivity contribution < 1.29 is 23.1 Å². The van der Waals surface area contributed by atoms with E-state index in [0.29, 0.717) is 5.92 Å². The number of nitrogens with zero attached hydrogens (tertiary/aromatic N) is 1. The first kappa shape index (κ1) is 16.4. The summed E-state index contributed by atoms with van der Waals surface area (Å²) in [4.78, 5) is 0. The molecule has 7 heteroatoms. The van der Waals surface area contributed by atoms with E-state index in [1.807, 2.05) is 0 Å². The van der Waals surface area contributed by atoms with Gasteiger partial charge in [-0.15, -0.1) is 0 Å². The molecule has 21 heavy (non-hydrogen) atoms. The summed E-state index contributed by atoms with van der Waals surface area (Å²) < 4.78 is 44.3. The van der Waals surface area contributed by atoms with Gasteiger partial charge in [0.2, 0.25) is 0 Å². The largest absolute Gasteiger partial charge is 0.409 e. The number of amidine groups is 1. The first-order valence-corrected chi connectivity index (χ1v) is 7.19. The minimum absolute atomic E-state index is 0.0714. The maximum atomic E-state index is 12.9. The summed E-state index contributed by atoms with van der Waals surface area (Å²) in [6.07, 6.45) is -1.93. The fourth-order valence-electron chi connectivity index (χ4n) is 4.01. The number of hydrogen-bond donors (Lipinski definition) is 2. The van der Waals surface area contributed by atoms with E-state index >= 15 is 0 Å². The molecule has 2 saturated carbocycles. The second-order valence-electron chi connectivity index (χ2n) is 7.05. The predicted octanol–water partition coefficient (Wildman–Crippen LogP) is 3.14. The third-order valence-electron chi connectivity index (χ3n) is 6.05. The molecule has 0 saturated heterocycles. The molecule has 2 rings (SSSR count). The summed E-state index contributed by atoms with van der Waals surface area (Å²) in [5, 5.41) is 11.0. The van der Waals surface area contributed by atoms with Gasteiger partial charge in [-0.05, 0) is 36.0 Å². The third-order valence-corrected chi connectivity index (χ3v) is 6.05. The second kappa shape index (κ2) is 5.04. The van der Waals surface area contributed by atoms with Crippen molar-refractivity contribution in [1.82, 2.24) is 0 Å². The molecule has 4 nitrogen and oxygen atoms in total. The van der Waals surface area contributed by atoms with E-state index in [1.165, 1.54) is 0 Å². The van der Waals surface area contributed by atoms with Gasteiger partial charge in [0.15, 0.2) is 5.84 Å². The Morgan fingerprint density at radius 1 is 1.43 bits per heavy atom. The summed E-state index contributed by atoms with van der Waals surface area (Å²) in [6, 6.07) is 0. The number of ether oxygens (including phenoxy) is 1. The van der Waals surface area contributed by atoms with Crippen molar-refractivity contribution in [2.24, 2.45) is 33.6 Å². The molecule has 2 aliphatic rings. The molecule has 122 valence electrons. The van der Waals surface area contributed by atoms with Crippen molar-refractivity contribution >= 4 is 5.84 Å². The van der Waals surface area contributed by atoms with E-state index in [-0.39, 0.29) is 16.9 Å². The van der Waals surface area contributed by atoms with Crippen molar-refractivity contribution in [2.45, 2.75) is 52.3 Å². The fraction of sp³-hybridized carbons (Fsp3) is 0.929. The average molecular weight is 308 g/mol. The SMILES string of the molecule is CC1(C)C2CCC1(C)C(OCC(C(N)=NO)C(F)(F)F)C2. The number of oxime groups is 1. The summed E-state index contributed by atoms with van der Waals surface area (Å²) in [5.74, 6) is -2.43. The van der Waals surface area contributed by atoms with E-state index in [4.69, 9.17) is 15.7 Å². The van der Waals surface area contributed by atoms with Crippen LogP contribution in [-0.2, 0) is 4.74 Å². The zero-order chi connectivity index (χ0) is 16.1. The van der Waals surface area contributed by atoms with Gasteiger partial charge in [-0.1, -0.05) is 25.9 Å². The molecule has 0 radical (unpaired) electrons. The first-order valence-electron chi connectivity index (χ1n) is 7.19. The summed E-state index contributed by atoms with van der Waals surface area (Å²) in [6.45, 7) is 5.83. The van der Waals surface area contributed by atoms with Crippen molar-refractivity contribution in [1.29, 1.82) is 0 Å². The third kappa shape index (κ3) is 2.49. The Hall–Kier alpha value is -0.980. The van der Waals surface area contributed by atoms with Crippen LogP contribution in [0.5, 0.6) is 0 Å². The van der Waals surface area contributed by atoms with Crippen LogP contribution in [0, 0.1) is 22.7 Å². The number of rotatable bonds is 4. The van der Waals surface area contributed by atoms with Gasteiger partial charge < -0.3 is 15.7 Å². The highest BCUT2D eigenvalue weighted by atomic mass is 19.4. The maximum Gasteiger partial charge on any atom is 0.401 e. The van der Waals surface area contributed by atoms with Crippen LogP contribution in [0.2, 0.25) is 0 Å². The Morgan fingerprint density at radius 3 is 2.43 bits per heavy atom. The minimum Gasteiger partial charge on any atom is -0.409 e. The predicted molar refractivity (Wildman–Crippen MR) is 71.9 cm³/mol. The number of hydrogen-bond acceptors (Lipinski definition) is 3. The normalized spacial score (nSPS) is 37.0. The van der Waals surface area contributed by atoms with Gasteiger partial charge in [-0.25, -0.2) is 0 Å². The molecule has 0 spiro atoms. The van der Waals surface area contributed by atoms with E-state index in [0.717, 1.165) is 19.3 Å². The van der Waals surface area contributed by atoms with Crippen LogP contribution < -0.4 is 5.73 Å². The van der Waals surface area contributed by atoms with E-state index in [9.17, 15) is 13.2 Å². The van der Waals surface area contributed by atoms with E-state index in [1.54, 1.807) is 0 Å².